The molecule has 1 aromatic carbocycles. The molecule has 2 rings (SSSR count). The third-order valence-electron chi connectivity index (χ3n) is 3.14. The zero-order valence-corrected chi connectivity index (χ0v) is 10.9. The number of hydrogen-bond acceptors (Lipinski definition) is 3. The minimum absolute atomic E-state index is 0.0117. The van der Waals surface area contributed by atoms with Crippen LogP contribution in [0.1, 0.15) is 35.3 Å². The summed E-state index contributed by atoms with van der Waals surface area (Å²) in [6.45, 7) is 4.14. The fourth-order valence-corrected chi connectivity index (χ4v) is 2.08. The monoisotopic (exact) mass is 241 g/mol. The molecule has 0 radical (unpaired) electrons. The first kappa shape index (κ1) is 12.7. The van der Waals surface area contributed by atoms with Crippen LogP contribution in [0.25, 0.3) is 0 Å². The van der Waals surface area contributed by atoms with Crippen LogP contribution in [-0.4, -0.2) is 4.98 Å². The standard InChI is InChI=1S/C15H19N3/c1-3-12-4-6-13(7-5-12)15(18-16)14-8-9-17-11(2)10-14/h4-10,15,18H,3,16H2,1-2H3. The second kappa shape index (κ2) is 5.76. The summed E-state index contributed by atoms with van der Waals surface area (Å²) in [5.41, 5.74) is 7.50. The highest BCUT2D eigenvalue weighted by atomic mass is 15.2. The predicted molar refractivity (Wildman–Crippen MR) is 74.0 cm³/mol. The summed E-state index contributed by atoms with van der Waals surface area (Å²) in [5, 5.41) is 0. The quantitative estimate of drug-likeness (QED) is 0.639. The number of hydrazine groups is 1. The van der Waals surface area contributed by atoms with E-state index >= 15 is 0 Å². The molecule has 3 heteroatoms. The third-order valence-corrected chi connectivity index (χ3v) is 3.14. The van der Waals surface area contributed by atoms with Gasteiger partial charge in [-0.05, 0) is 42.2 Å². The maximum absolute atomic E-state index is 5.69. The summed E-state index contributed by atoms with van der Waals surface area (Å²) >= 11 is 0. The van der Waals surface area contributed by atoms with Crippen molar-refractivity contribution in [1.29, 1.82) is 0 Å². The fraction of sp³-hybridized carbons (Fsp3) is 0.267. The molecule has 18 heavy (non-hydrogen) atoms. The second-order valence-corrected chi connectivity index (χ2v) is 4.43. The maximum atomic E-state index is 5.69. The molecule has 1 unspecified atom stereocenters. The summed E-state index contributed by atoms with van der Waals surface area (Å²) in [4.78, 5) is 4.21. The smallest absolute Gasteiger partial charge is 0.0711 e. The van der Waals surface area contributed by atoms with Crippen LogP contribution in [0.3, 0.4) is 0 Å². The minimum Gasteiger partial charge on any atom is -0.271 e. The summed E-state index contributed by atoms with van der Waals surface area (Å²) < 4.78 is 0. The fourth-order valence-electron chi connectivity index (χ4n) is 2.08. The van der Waals surface area contributed by atoms with E-state index < -0.39 is 0 Å². The zero-order valence-electron chi connectivity index (χ0n) is 10.9. The largest absolute Gasteiger partial charge is 0.271 e. The Balaban J connectivity index is 2.32. The Morgan fingerprint density at radius 2 is 1.89 bits per heavy atom. The van der Waals surface area contributed by atoms with E-state index in [1.807, 2.05) is 19.2 Å². The molecule has 1 heterocycles. The molecule has 0 saturated heterocycles. The van der Waals surface area contributed by atoms with Crippen LogP contribution in [-0.2, 0) is 6.42 Å². The number of pyridine rings is 1. The average Bonchev–Trinajstić information content (AvgIpc) is 2.40. The molecule has 3 nitrogen and oxygen atoms in total. The molecular weight excluding hydrogens is 222 g/mol. The summed E-state index contributed by atoms with van der Waals surface area (Å²) in [5.74, 6) is 5.69. The number of hydrogen-bond donors (Lipinski definition) is 2. The normalized spacial score (nSPS) is 12.4. The van der Waals surface area contributed by atoms with Gasteiger partial charge in [0.2, 0.25) is 0 Å². The number of benzene rings is 1. The van der Waals surface area contributed by atoms with E-state index in [2.05, 4.69) is 47.7 Å². The molecule has 0 saturated carbocycles. The first-order valence-electron chi connectivity index (χ1n) is 6.22. The molecule has 3 N–H and O–H groups in total. The van der Waals surface area contributed by atoms with E-state index in [1.165, 1.54) is 11.1 Å². The Morgan fingerprint density at radius 3 is 2.44 bits per heavy atom. The van der Waals surface area contributed by atoms with Crippen molar-refractivity contribution in [3.8, 4) is 0 Å². The van der Waals surface area contributed by atoms with Crippen molar-refractivity contribution < 1.29 is 0 Å². The van der Waals surface area contributed by atoms with Gasteiger partial charge in [-0.25, -0.2) is 5.43 Å². The third kappa shape index (κ3) is 2.75. The van der Waals surface area contributed by atoms with Gasteiger partial charge in [-0.1, -0.05) is 31.2 Å². The van der Waals surface area contributed by atoms with Crippen LogP contribution in [0, 0.1) is 6.92 Å². The average molecular weight is 241 g/mol. The lowest BCUT2D eigenvalue weighted by Crippen LogP contribution is -2.28. The first-order valence-corrected chi connectivity index (χ1v) is 6.22. The Hall–Kier alpha value is -1.71. The van der Waals surface area contributed by atoms with Gasteiger partial charge in [0.1, 0.15) is 0 Å². The Morgan fingerprint density at radius 1 is 1.17 bits per heavy atom. The van der Waals surface area contributed by atoms with Crippen molar-refractivity contribution in [3.63, 3.8) is 0 Å². The van der Waals surface area contributed by atoms with Crippen molar-refractivity contribution in [1.82, 2.24) is 10.4 Å². The molecule has 94 valence electrons. The topological polar surface area (TPSA) is 50.9 Å². The lowest BCUT2D eigenvalue weighted by Gasteiger charge is -2.17. The van der Waals surface area contributed by atoms with Gasteiger partial charge in [0, 0.05) is 11.9 Å². The highest BCUT2D eigenvalue weighted by molar-refractivity contribution is 5.33. The predicted octanol–water partition coefficient (Wildman–Crippen LogP) is 2.51. The van der Waals surface area contributed by atoms with Crippen molar-refractivity contribution in [2.75, 3.05) is 0 Å². The molecule has 1 aromatic heterocycles. The van der Waals surface area contributed by atoms with Crippen molar-refractivity contribution in [3.05, 3.63) is 65.0 Å². The lowest BCUT2D eigenvalue weighted by atomic mass is 9.98. The van der Waals surface area contributed by atoms with Gasteiger partial charge in [0.05, 0.1) is 6.04 Å². The molecule has 0 aliphatic rings. The van der Waals surface area contributed by atoms with Crippen LogP contribution >= 0.6 is 0 Å². The molecular formula is C15H19N3. The summed E-state index contributed by atoms with van der Waals surface area (Å²) in [6, 6.07) is 12.6. The molecule has 0 spiro atoms. The van der Waals surface area contributed by atoms with E-state index in [4.69, 9.17) is 5.84 Å². The molecule has 0 amide bonds. The van der Waals surface area contributed by atoms with Gasteiger partial charge >= 0.3 is 0 Å². The van der Waals surface area contributed by atoms with Crippen molar-refractivity contribution >= 4 is 0 Å². The SMILES string of the molecule is CCc1ccc(C(NN)c2ccnc(C)c2)cc1. The van der Waals surface area contributed by atoms with Crippen LogP contribution in [0.4, 0.5) is 0 Å². The van der Waals surface area contributed by atoms with Crippen LogP contribution < -0.4 is 11.3 Å². The Bertz CT molecular complexity index is 505. The second-order valence-electron chi connectivity index (χ2n) is 4.43. The summed E-state index contributed by atoms with van der Waals surface area (Å²) in [6.07, 6.45) is 2.87. The van der Waals surface area contributed by atoms with Crippen LogP contribution in [0.5, 0.6) is 0 Å². The van der Waals surface area contributed by atoms with Gasteiger partial charge in [-0.15, -0.1) is 0 Å². The number of nitrogens with one attached hydrogen (secondary N) is 1. The number of aromatic nitrogens is 1. The minimum atomic E-state index is 0.0117. The molecule has 2 aromatic rings. The molecule has 1 atom stereocenters. The Labute approximate surface area is 108 Å². The molecule has 0 aliphatic heterocycles. The number of nitrogens with zero attached hydrogens (tertiary/aromatic N) is 1. The zero-order chi connectivity index (χ0) is 13.0. The number of rotatable bonds is 4. The Kier molecular flexibility index (Phi) is 4.07. The van der Waals surface area contributed by atoms with E-state index in [1.54, 1.807) is 0 Å². The van der Waals surface area contributed by atoms with Crippen molar-refractivity contribution in [2.24, 2.45) is 5.84 Å². The molecule has 0 aliphatic carbocycles. The highest BCUT2D eigenvalue weighted by Crippen LogP contribution is 2.21. The lowest BCUT2D eigenvalue weighted by molar-refractivity contribution is 0.635. The van der Waals surface area contributed by atoms with E-state index in [0.717, 1.165) is 17.7 Å². The van der Waals surface area contributed by atoms with Gasteiger partial charge in [-0.2, -0.15) is 0 Å². The van der Waals surface area contributed by atoms with E-state index in [0.29, 0.717) is 0 Å². The number of nitrogens with two attached hydrogens (primary N) is 1. The summed E-state index contributed by atoms with van der Waals surface area (Å²) in [7, 11) is 0. The van der Waals surface area contributed by atoms with Crippen LogP contribution in [0.2, 0.25) is 0 Å². The van der Waals surface area contributed by atoms with Gasteiger partial charge < -0.3 is 0 Å². The van der Waals surface area contributed by atoms with Gasteiger partial charge in [-0.3, -0.25) is 10.8 Å². The molecule has 0 bridgehead atoms. The highest BCUT2D eigenvalue weighted by Gasteiger charge is 2.12. The van der Waals surface area contributed by atoms with Gasteiger partial charge in [0.25, 0.3) is 0 Å². The van der Waals surface area contributed by atoms with Gasteiger partial charge in [0.15, 0.2) is 0 Å². The van der Waals surface area contributed by atoms with Crippen molar-refractivity contribution in [2.45, 2.75) is 26.3 Å². The van der Waals surface area contributed by atoms with E-state index in [-0.39, 0.29) is 6.04 Å². The van der Waals surface area contributed by atoms with E-state index in [9.17, 15) is 0 Å². The first-order chi connectivity index (χ1) is 8.74. The maximum Gasteiger partial charge on any atom is 0.0711 e. The number of aryl methyl sites for hydroxylation is 2. The molecule has 0 fully saturated rings. The van der Waals surface area contributed by atoms with Crippen LogP contribution in [0.15, 0.2) is 42.6 Å².